The molecule has 1 unspecified atom stereocenters. The summed E-state index contributed by atoms with van der Waals surface area (Å²) in [6.07, 6.45) is 15.9. The molecule has 0 spiro atoms. The first kappa shape index (κ1) is 23.1. The molecule has 1 heteroatoms. The van der Waals surface area contributed by atoms with E-state index in [1.54, 1.807) is 11.1 Å². The van der Waals surface area contributed by atoms with Gasteiger partial charge in [-0.1, -0.05) is 113 Å². The van der Waals surface area contributed by atoms with Crippen molar-refractivity contribution in [2.75, 3.05) is 13.7 Å². The van der Waals surface area contributed by atoms with Crippen LogP contribution in [0, 0.1) is 6.92 Å². The Morgan fingerprint density at radius 1 is 0.700 bits per heavy atom. The summed E-state index contributed by atoms with van der Waals surface area (Å²) in [6.45, 7) is 5.45. The van der Waals surface area contributed by atoms with Crippen LogP contribution < -0.4 is 0 Å². The van der Waals surface area contributed by atoms with Gasteiger partial charge in [-0.15, -0.1) is 0 Å². The third-order valence-corrected chi connectivity index (χ3v) is 7.08. The molecule has 0 heterocycles. The van der Waals surface area contributed by atoms with E-state index in [1.165, 1.54) is 93.7 Å². The van der Waals surface area contributed by atoms with Gasteiger partial charge in [0.05, 0.1) is 0 Å². The number of rotatable bonds is 14. The highest BCUT2D eigenvalue weighted by Crippen LogP contribution is 2.54. The Balaban J connectivity index is 1.80. The second-order valence-electron chi connectivity index (χ2n) is 9.35. The van der Waals surface area contributed by atoms with E-state index in [1.807, 2.05) is 7.11 Å². The molecule has 1 aliphatic rings. The van der Waals surface area contributed by atoms with Crippen LogP contribution in [0.3, 0.4) is 0 Å². The molecular weight excluding hydrogens is 364 g/mol. The maximum absolute atomic E-state index is 5.24. The van der Waals surface area contributed by atoms with Crippen molar-refractivity contribution in [3.8, 4) is 11.1 Å². The molecule has 3 rings (SSSR count). The number of fused-ring (bicyclic) bond motifs is 3. The molecule has 1 atom stereocenters. The van der Waals surface area contributed by atoms with Crippen molar-refractivity contribution < 1.29 is 4.74 Å². The first-order valence-corrected chi connectivity index (χ1v) is 12.4. The minimum absolute atomic E-state index is 0.212. The monoisotopic (exact) mass is 406 g/mol. The van der Waals surface area contributed by atoms with E-state index >= 15 is 0 Å². The molecule has 0 radical (unpaired) electrons. The molecule has 164 valence electrons. The Bertz CT molecular complexity index is 760. The van der Waals surface area contributed by atoms with Crippen molar-refractivity contribution in [3.05, 3.63) is 59.2 Å². The van der Waals surface area contributed by atoms with E-state index in [2.05, 4.69) is 56.3 Å². The highest BCUT2D eigenvalue weighted by Gasteiger charge is 2.41. The molecule has 0 aromatic heterocycles. The number of hydrogen-bond acceptors (Lipinski definition) is 1. The van der Waals surface area contributed by atoms with Crippen LogP contribution in [0.4, 0.5) is 0 Å². The van der Waals surface area contributed by atoms with Crippen LogP contribution in [-0.2, 0) is 10.2 Å². The molecule has 0 aliphatic heterocycles. The molecule has 2 aromatic rings. The van der Waals surface area contributed by atoms with E-state index in [-0.39, 0.29) is 5.41 Å². The Hall–Kier alpha value is -1.60. The van der Waals surface area contributed by atoms with Crippen LogP contribution in [-0.4, -0.2) is 13.7 Å². The summed E-state index contributed by atoms with van der Waals surface area (Å²) in [7, 11) is 1.81. The number of ether oxygens (including phenoxy) is 1. The predicted octanol–water partition coefficient (Wildman–Crippen LogP) is 8.61. The van der Waals surface area contributed by atoms with Gasteiger partial charge in [-0.3, -0.25) is 0 Å². The molecule has 0 N–H and O–H groups in total. The van der Waals surface area contributed by atoms with Gasteiger partial charge in [-0.25, -0.2) is 0 Å². The molecule has 0 fully saturated rings. The maximum Gasteiger partial charge on any atom is 0.0462 e. The lowest BCUT2D eigenvalue weighted by atomic mass is 9.70. The van der Waals surface area contributed by atoms with E-state index in [0.29, 0.717) is 0 Å². The first-order chi connectivity index (χ1) is 14.7. The van der Waals surface area contributed by atoms with E-state index in [0.717, 1.165) is 6.61 Å². The standard InChI is InChI=1S/C29H42O/c1-4-5-6-7-8-13-20-29(21-14-9-10-15-22-30-3)27-17-12-11-16-25(27)26-19-18-24(2)23-28(26)29/h11-12,16-19,23H,4-10,13-15,20-22H2,1-3H3. The first-order valence-electron chi connectivity index (χ1n) is 12.4. The van der Waals surface area contributed by atoms with Crippen LogP contribution >= 0.6 is 0 Å². The van der Waals surface area contributed by atoms with Gasteiger partial charge in [-0.05, 0) is 48.4 Å². The third kappa shape index (κ3) is 5.35. The van der Waals surface area contributed by atoms with Gasteiger partial charge in [-0.2, -0.15) is 0 Å². The van der Waals surface area contributed by atoms with Crippen LogP contribution in [0.2, 0.25) is 0 Å². The van der Waals surface area contributed by atoms with Crippen molar-refractivity contribution in [2.45, 2.75) is 96.3 Å². The molecule has 0 saturated heterocycles. The smallest absolute Gasteiger partial charge is 0.0462 e. The van der Waals surface area contributed by atoms with Crippen molar-refractivity contribution in [3.63, 3.8) is 0 Å². The molecule has 0 amide bonds. The van der Waals surface area contributed by atoms with Gasteiger partial charge in [0.25, 0.3) is 0 Å². The van der Waals surface area contributed by atoms with Gasteiger partial charge >= 0.3 is 0 Å². The zero-order valence-corrected chi connectivity index (χ0v) is 19.6. The molecular formula is C29H42O. The van der Waals surface area contributed by atoms with E-state index in [9.17, 15) is 0 Å². The van der Waals surface area contributed by atoms with E-state index in [4.69, 9.17) is 4.74 Å². The van der Waals surface area contributed by atoms with Crippen molar-refractivity contribution in [2.24, 2.45) is 0 Å². The molecule has 1 nitrogen and oxygen atoms in total. The summed E-state index contributed by atoms with van der Waals surface area (Å²) >= 11 is 0. The normalized spacial score (nSPS) is 17.2. The summed E-state index contributed by atoms with van der Waals surface area (Å²) < 4.78 is 5.24. The maximum atomic E-state index is 5.24. The summed E-state index contributed by atoms with van der Waals surface area (Å²) in [5, 5.41) is 0. The fourth-order valence-electron chi connectivity index (χ4n) is 5.47. The SMILES string of the molecule is CCCCCCCCC1(CCCCCCOC)c2ccccc2-c2ccc(C)cc21. The van der Waals surface area contributed by atoms with Gasteiger partial charge in [0.1, 0.15) is 0 Å². The second-order valence-corrected chi connectivity index (χ2v) is 9.35. The van der Waals surface area contributed by atoms with Crippen molar-refractivity contribution in [1.82, 2.24) is 0 Å². The molecule has 2 aromatic carbocycles. The number of aryl methyl sites for hydroxylation is 1. The van der Waals surface area contributed by atoms with Crippen LogP contribution in [0.5, 0.6) is 0 Å². The average molecular weight is 407 g/mol. The fraction of sp³-hybridized carbons (Fsp3) is 0.586. The molecule has 0 saturated carbocycles. The predicted molar refractivity (Wildman–Crippen MR) is 130 cm³/mol. The lowest BCUT2D eigenvalue weighted by molar-refractivity contribution is 0.191. The fourth-order valence-corrected chi connectivity index (χ4v) is 5.47. The summed E-state index contributed by atoms with van der Waals surface area (Å²) in [5.41, 5.74) is 7.78. The second kappa shape index (κ2) is 11.7. The minimum atomic E-state index is 0.212. The van der Waals surface area contributed by atoms with Crippen molar-refractivity contribution in [1.29, 1.82) is 0 Å². The van der Waals surface area contributed by atoms with Crippen LogP contribution in [0.25, 0.3) is 11.1 Å². The number of hydrogen-bond donors (Lipinski definition) is 0. The Labute approximate surface area is 185 Å². The zero-order chi connectivity index (χ0) is 21.2. The van der Waals surface area contributed by atoms with Crippen LogP contribution in [0.1, 0.15) is 101 Å². The number of methoxy groups -OCH3 is 1. The van der Waals surface area contributed by atoms with Gasteiger partial charge < -0.3 is 4.74 Å². The minimum Gasteiger partial charge on any atom is -0.385 e. The Morgan fingerprint density at radius 2 is 1.33 bits per heavy atom. The lowest BCUT2D eigenvalue weighted by Gasteiger charge is -2.33. The molecule has 1 aliphatic carbocycles. The third-order valence-electron chi connectivity index (χ3n) is 7.08. The number of unbranched alkanes of at least 4 members (excludes halogenated alkanes) is 8. The molecule has 0 bridgehead atoms. The average Bonchev–Trinajstić information content (AvgIpc) is 3.03. The van der Waals surface area contributed by atoms with Gasteiger partial charge in [0.2, 0.25) is 0 Å². The summed E-state index contributed by atoms with van der Waals surface area (Å²) in [5.74, 6) is 0. The highest BCUT2D eigenvalue weighted by atomic mass is 16.5. The van der Waals surface area contributed by atoms with E-state index < -0.39 is 0 Å². The quantitative estimate of drug-likeness (QED) is 0.285. The highest BCUT2D eigenvalue weighted by molar-refractivity contribution is 5.81. The van der Waals surface area contributed by atoms with Crippen molar-refractivity contribution >= 4 is 0 Å². The largest absolute Gasteiger partial charge is 0.385 e. The Morgan fingerprint density at radius 3 is 2.07 bits per heavy atom. The van der Waals surface area contributed by atoms with Crippen LogP contribution in [0.15, 0.2) is 42.5 Å². The van der Waals surface area contributed by atoms with Gasteiger partial charge in [0, 0.05) is 19.1 Å². The summed E-state index contributed by atoms with van der Waals surface area (Å²) in [4.78, 5) is 0. The number of benzene rings is 2. The zero-order valence-electron chi connectivity index (χ0n) is 19.6. The summed E-state index contributed by atoms with van der Waals surface area (Å²) in [6, 6.07) is 16.4. The topological polar surface area (TPSA) is 9.23 Å². The lowest BCUT2D eigenvalue weighted by Crippen LogP contribution is -2.25. The Kier molecular flexibility index (Phi) is 9.00. The van der Waals surface area contributed by atoms with Gasteiger partial charge in [0.15, 0.2) is 0 Å². The molecule has 30 heavy (non-hydrogen) atoms.